The van der Waals surface area contributed by atoms with Gasteiger partial charge >= 0.3 is 0 Å². The number of hydrogen-bond donors (Lipinski definition) is 1. The van der Waals surface area contributed by atoms with Crippen LogP contribution < -0.4 is 10.1 Å². The van der Waals surface area contributed by atoms with Crippen LogP contribution in [0.1, 0.15) is 5.56 Å². The summed E-state index contributed by atoms with van der Waals surface area (Å²) in [5, 5.41) is 5.10. The van der Waals surface area contributed by atoms with Crippen LogP contribution in [0, 0.1) is 6.92 Å². The summed E-state index contributed by atoms with van der Waals surface area (Å²) < 4.78 is 5.72. The zero-order chi connectivity index (χ0) is 10.7. The van der Waals surface area contributed by atoms with Crippen molar-refractivity contribution < 1.29 is 4.74 Å². The maximum absolute atomic E-state index is 5.72. The van der Waals surface area contributed by atoms with Gasteiger partial charge in [-0.25, -0.2) is 0 Å². The Morgan fingerprint density at radius 1 is 1.20 bits per heavy atom. The Labute approximate surface area is 93.5 Å². The van der Waals surface area contributed by atoms with Gasteiger partial charge < -0.3 is 10.1 Å². The van der Waals surface area contributed by atoms with Crippen LogP contribution in [0.3, 0.4) is 0 Å². The first-order chi connectivity index (χ1) is 7.28. The predicted molar refractivity (Wildman–Crippen MR) is 65.1 cm³/mol. The average Bonchev–Trinajstić information content (AvgIpc) is 2.65. The quantitative estimate of drug-likeness (QED) is 0.845. The molecular weight excluding hydrogens is 206 g/mol. The lowest BCUT2D eigenvalue weighted by molar-refractivity contribution is 0.496. The Bertz CT molecular complexity index is 450. The van der Waals surface area contributed by atoms with Crippen molar-refractivity contribution >= 4 is 16.3 Å². The molecular formula is C12H13NOS. The van der Waals surface area contributed by atoms with E-state index in [4.69, 9.17) is 4.74 Å². The molecule has 0 aliphatic rings. The zero-order valence-corrected chi connectivity index (χ0v) is 9.60. The van der Waals surface area contributed by atoms with Gasteiger partial charge in [0.25, 0.3) is 0 Å². The lowest BCUT2D eigenvalue weighted by Crippen LogP contribution is -1.81. The van der Waals surface area contributed by atoms with Crippen molar-refractivity contribution in [3.05, 3.63) is 42.0 Å². The summed E-state index contributed by atoms with van der Waals surface area (Å²) in [4.78, 5) is 0. The molecule has 1 aromatic heterocycles. The van der Waals surface area contributed by atoms with Gasteiger partial charge in [-0.15, -0.1) is 0 Å². The van der Waals surface area contributed by atoms with Crippen LogP contribution >= 0.6 is 11.3 Å². The molecule has 0 amide bonds. The minimum atomic E-state index is 0.888. The molecule has 2 rings (SSSR count). The molecule has 0 aliphatic heterocycles. The third-order valence-corrected chi connectivity index (χ3v) is 3.02. The van der Waals surface area contributed by atoms with Gasteiger partial charge in [-0.1, -0.05) is 23.5 Å². The van der Waals surface area contributed by atoms with E-state index in [9.17, 15) is 0 Å². The topological polar surface area (TPSA) is 21.3 Å². The highest BCUT2D eigenvalue weighted by atomic mass is 32.1. The first kappa shape index (κ1) is 10.1. The van der Waals surface area contributed by atoms with E-state index in [1.165, 1.54) is 5.56 Å². The smallest absolute Gasteiger partial charge is 0.182 e. The highest BCUT2D eigenvalue weighted by Crippen LogP contribution is 2.32. The third-order valence-electron chi connectivity index (χ3n) is 2.04. The number of ether oxygens (including phenoxy) is 1. The van der Waals surface area contributed by atoms with Crippen molar-refractivity contribution in [2.24, 2.45) is 0 Å². The van der Waals surface area contributed by atoms with E-state index < -0.39 is 0 Å². The molecule has 0 aliphatic carbocycles. The molecule has 3 heteroatoms. The van der Waals surface area contributed by atoms with Crippen LogP contribution in [0.4, 0.5) is 5.00 Å². The van der Waals surface area contributed by atoms with Crippen molar-refractivity contribution in [3.63, 3.8) is 0 Å². The lowest BCUT2D eigenvalue weighted by atomic mass is 10.2. The average molecular weight is 219 g/mol. The van der Waals surface area contributed by atoms with Crippen molar-refractivity contribution in [3.8, 4) is 10.8 Å². The van der Waals surface area contributed by atoms with E-state index in [0.717, 1.165) is 15.8 Å². The van der Waals surface area contributed by atoms with Crippen LogP contribution in [-0.4, -0.2) is 7.05 Å². The van der Waals surface area contributed by atoms with Crippen molar-refractivity contribution in [1.29, 1.82) is 0 Å². The molecule has 78 valence electrons. The number of hydrogen-bond acceptors (Lipinski definition) is 3. The molecule has 0 spiro atoms. The molecule has 15 heavy (non-hydrogen) atoms. The first-order valence-electron chi connectivity index (χ1n) is 4.80. The molecule has 2 aromatic rings. The van der Waals surface area contributed by atoms with Gasteiger partial charge in [0, 0.05) is 7.05 Å². The summed E-state index contributed by atoms with van der Waals surface area (Å²) in [6.07, 6.45) is 0. The van der Waals surface area contributed by atoms with Gasteiger partial charge in [-0.2, -0.15) is 0 Å². The molecule has 0 fully saturated rings. The number of benzene rings is 1. The molecule has 0 bridgehead atoms. The van der Waals surface area contributed by atoms with Crippen molar-refractivity contribution in [2.45, 2.75) is 6.92 Å². The van der Waals surface area contributed by atoms with E-state index in [2.05, 4.69) is 18.3 Å². The van der Waals surface area contributed by atoms with Gasteiger partial charge in [0.05, 0.1) is 5.00 Å². The fraction of sp³-hybridized carbons (Fsp3) is 0.167. The number of thiophene rings is 1. The van der Waals surface area contributed by atoms with Crippen LogP contribution in [0.15, 0.2) is 36.4 Å². The summed E-state index contributed by atoms with van der Waals surface area (Å²) in [5.41, 5.74) is 1.21. The maximum Gasteiger partial charge on any atom is 0.182 e. The van der Waals surface area contributed by atoms with Crippen molar-refractivity contribution in [2.75, 3.05) is 12.4 Å². The van der Waals surface area contributed by atoms with E-state index in [1.807, 2.05) is 37.4 Å². The van der Waals surface area contributed by atoms with Gasteiger partial charge in [0.2, 0.25) is 0 Å². The maximum atomic E-state index is 5.72. The number of rotatable bonds is 3. The zero-order valence-electron chi connectivity index (χ0n) is 8.78. The molecule has 0 atom stereocenters. The Hall–Kier alpha value is -1.48. The molecule has 1 aromatic carbocycles. The number of aryl methyl sites for hydroxylation is 1. The second-order valence-corrected chi connectivity index (χ2v) is 4.33. The molecule has 0 radical (unpaired) electrons. The summed E-state index contributed by atoms with van der Waals surface area (Å²) in [5.74, 6) is 0.888. The van der Waals surface area contributed by atoms with Crippen molar-refractivity contribution in [1.82, 2.24) is 0 Å². The highest BCUT2D eigenvalue weighted by Gasteiger charge is 2.00. The SMILES string of the molecule is CNc1ccc(Oc2cccc(C)c2)s1. The summed E-state index contributed by atoms with van der Waals surface area (Å²) >= 11 is 1.60. The van der Waals surface area contributed by atoms with E-state index in [0.29, 0.717) is 0 Å². The second kappa shape index (κ2) is 4.36. The largest absolute Gasteiger partial charge is 0.447 e. The Kier molecular flexibility index (Phi) is 2.92. The van der Waals surface area contributed by atoms with Crippen LogP contribution in [0.25, 0.3) is 0 Å². The standard InChI is InChI=1S/C12H13NOS/c1-9-4-3-5-10(8-9)14-12-7-6-11(13-2)15-12/h3-8,13H,1-2H3. The lowest BCUT2D eigenvalue weighted by Gasteiger charge is -2.02. The number of anilines is 1. The van der Waals surface area contributed by atoms with E-state index in [1.54, 1.807) is 11.3 Å². The normalized spacial score (nSPS) is 10.0. The van der Waals surface area contributed by atoms with Crippen LogP contribution in [-0.2, 0) is 0 Å². The van der Waals surface area contributed by atoms with Gasteiger partial charge in [0.15, 0.2) is 5.06 Å². The summed E-state index contributed by atoms with van der Waals surface area (Å²) in [6.45, 7) is 2.06. The van der Waals surface area contributed by atoms with Gasteiger partial charge in [0.1, 0.15) is 5.75 Å². The van der Waals surface area contributed by atoms with Crippen LogP contribution in [0.2, 0.25) is 0 Å². The Morgan fingerprint density at radius 3 is 2.73 bits per heavy atom. The molecule has 1 N–H and O–H groups in total. The van der Waals surface area contributed by atoms with E-state index >= 15 is 0 Å². The molecule has 1 heterocycles. The van der Waals surface area contributed by atoms with Crippen LogP contribution in [0.5, 0.6) is 10.8 Å². The van der Waals surface area contributed by atoms with Gasteiger partial charge in [-0.3, -0.25) is 0 Å². The molecule has 0 saturated carbocycles. The number of nitrogens with one attached hydrogen (secondary N) is 1. The minimum Gasteiger partial charge on any atom is -0.447 e. The molecule has 2 nitrogen and oxygen atoms in total. The van der Waals surface area contributed by atoms with Gasteiger partial charge in [-0.05, 0) is 36.8 Å². The second-order valence-electron chi connectivity index (χ2n) is 3.29. The first-order valence-corrected chi connectivity index (χ1v) is 5.62. The predicted octanol–water partition coefficient (Wildman–Crippen LogP) is 3.89. The summed E-state index contributed by atoms with van der Waals surface area (Å²) in [6, 6.07) is 12.0. The highest BCUT2D eigenvalue weighted by molar-refractivity contribution is 7.17. The Balaban J connectivity index is 2.14. The Morgan fingerprint density at radius 2 is 2.07 bits per heavy atom. The third kappa shape index (κ3) is 2.50. The molecule has 0 saturated heterocycles. The molecule has 0 unspecified atom stereocenters. The van der Waals surface area contributed by atoms with E-state index in [-0.39, 0.29) is 0 Å². The summed E-state index contributed by atoms with van der Waals surface area (Å²) in [7, 11) is 1.91. The minimum absolute atomic E-state index is 0.888. The monoisotopic (exact) mass is 219 g/mol. The fourth-order valence-electron chi connectivity index (χ4n) is 1.30. The fourth-order valence-corrected chi connectivity index (χ4v) is 2.03.